The van der Waals surface area contributed by atoms with Crippen molar-refractivity contribution in [3.05, 3.63) is 36.3 Å². The summed E-state index contributed by atoms with van der Waals surface area (Å²) in [6, 6.07) is 7.88. The average molecular weight is 219 g/mol. The summed E-state index contributed by atoms with van der Waals surface area (Å²) in [7, 11) is 0. The lowest BCUT2D eigenvalue weighted by Crippen LogP contribution is -2.16. The molecule has 3 nitrogen and oxygen atoms in total. The van der Waals surface area contributed by atoms with Crippen LogP contribution in [0.1, 0.15) is 25.2 Å². The fraction of sp³-hybridized carbons (Fsp3) is 0.385. The van der Waals surface area contributed by atoms with Crippen LogP contribution in [0.5, 0.6) is 0 Å². The van der Waals surface area contributed by atoms with E-state index in [9.17, 15) is 5.11 Å². The fourth-order valence-corrected chi connectivity index (χ4v) is 1.82. The normalized spacial score (nSPS) is 13.1. The smallest absolute Gasteiger partial charge is 0.140 e. The van der Waals surface area contributed by atoms with E-state index < -0.39 is 6.10 Å². The highest BCUT2D eigenvalue weighted by atomic mass is 16.4. The molecule has 0 saturated heterocycles. The molecule has 2 rings (SSSR count). The number of hydrogen-bond acceptors (Lipinski definition) is 3. The number of hydrogen-bond donors (Lipinski definition) is 2. The third kappa shape index (κ3) is 2.26. The van der Waals surface area contributed by atoms with Crippen LogP contribution in [-0.4, -0.2) is 18.2 Å². The number of benzene rings is 1. The Bertz CT molecular complexity index is 450. The summed E-state index contributed by atoms with van der Waals surface area (Å²) in [6.45, 7) is 3.77. The largest absolute Gasteiger partial charge is 0.465 e. The molecule has 0 saturated carbocycles. The van der Waals surface area contributed by atoms with Crippen LogP contribution in [0.3, 0.4) is 0 Å². The predicted octanol–water partition coefficient (Wildman–Crippen LogP) is 2.47. The quantitative estimate of drug-likeness (QED) is 0.759. The summed E-state index contributed by atoms with van der Waals surface area (Å²) in [5.74, 6) is 0.675. The zero-order chi connectivity index (χ0) is 11.4. The molecule has 0 aliphatic carbocycles. The Labute approximate surface area is 95.1 Å². The van der Waals surface area contributed by atoms with Gasteiger partial charge in [0, 0.05) is 10.8 Å². The summed E-state index contributed by atoms with van der Waals surface area (Å²) in [5, 5.41) is 15.2. The van der Waals surface area contributed by atoms with E-state index >= 15 is 0 Å². The van der Waals surface area contributed by atoms with Gasteiger partial charge >= 0.3 is 0 Å². The molecule has 2 aromatic rings. The molecule has 0 aliphatic heterocycles. The van der Waals surface area contributed by atoms with Gasteiger partial charge in [-0.25, -0.2) is 0 Å². The van der Waals surface area contributed by atoms with Crippen LogP contribution in [-0.2, 0) is 0 Å². The zero-order valence-electron chi connectivity index (χ0n) is 9.44. The van der Waals surface area contributed by atoms with Crippen molar-refractivity contribution in [1.82, 2.24) is 5.32 Å². The van der Waals surface area contributed by atoms with Crippen molar-refractivity contribution < 1.29 is 9.52 Å². The Morgan fingerprint density at radius 1 is 1.38 bits per heavy atom. The lowest BCUT2D eigenvalue weighted by molar-refractivity contribution is 0.142. The summed E-state index contributed by atoms with van der Waals surface area (Å²) in [4.78, 5) is 0. The minimum atomic E-state index is -0.529. The fourth-order valence-electron chi connectivity index (χ4n) is 1.82. The van der Waals surface area contributed by atoms with Gasteiger partial charge in [0.1, 0.15) is 11.9 Å². The van der Waals surface area contributed by atoms with Gasteiger partial charge in [0.2, 0.25) is 0 Å². The maximum absolute atomic E-state index is 10.0. The van der Waals surface area contributed by atoms with Crippen LogP contribution >= 0.6 is 0 Å². The van der Waals surface area contributed by atoms with Crippen LogP contribution in [0, 0.1) is 0 Å². The minimum absolute atomic E-state index is 0.529. The number of rotatable bonds is 5. The molecule has 86 valence electrons. The third-order valence-corrected chi connectivity index (χ3v) is 2.69. The monoisotopic (exact) mass is 219 g/mol. The average Bonchev–Trinajstić information content (AvgIpc) is 2.73. The number of furan rings is 1. The van der Waals surface area contributed by atoms with Crippen LogP contribution in [0.15, 0.2) is 34.9 Å². The second kappa shape index (κ2) is 5.14. The van der Waals surface area contributed by atoms with E-state index in [2.05, 4.69) is 12.2 Å². The van der Waals surface area contributed by atoms with Crippen molar-refractivity contribution in [2.24, 2.45) is 0 Å². The predicted molar refractivity (Wildman–Crippen MR) is 64.3 cm³/mol. The molecule has 1 aromatic heterocycles. The number of aliphatic hydroxyl groups is 1. The Hall–Kier alpha value is -1.32. The van der Waals surface area contributed by atoms with Crippen LogP contribution < -0.4 is 5.32 Å². The highest BCUT2D eigenvalue weighted by Crippen LogP contribution is 2.27. The molecule has 3 heteroatoms. The Balaban J connectivity index is 2.13. The van der Waals surface area contributed by atoms with E-state index in [-0.39, 0.29) is 0 Å². The summed E-state index contributed by atoms with van der Waals surface area (Å²) in [5.41, 5.74) is 0. The standard InChI is InChI=1S/C13H17NO2/c1-2-14-8-7-12(15)13-11-6-4-3-5-10(11)9-16-13/h3-6,9,12,14-15H,2,7-8H2,1H3. The lowest BCUT2D eigenvalue weighted by Gasteiger charge is -2.08. The van der Waals surface area contributed by atoms with E-state index in [1.54, 1.807) is 6.26 Å². The first-order valence-corrected chi connectivity index (χ1v) is 5.68. The topological polar surface area (TPSA) is 45.4 Å². The van der Waals surface area contributed by atoms with E-state index in [0.717, 1.165) is 23.9 Å². The molecule has 0 amide bonds. The van der Waals surface area contributed by atoms with E-state index in [1.165, 1.54) is 0 Å². The Morgan fingerprint density at radius 3 is 3.00 bits per heavy atom. The molecule has 1 heterocycles. The van der Waals surface area contributed by atoms with E-state index in [4.69, 9.17) is 4.42 Å². The SMILES string of the molecule is CCNCCC(O)c1occ2ccccc12. The molecule has 0 fully saturated rings. The maximum atomic E-state index is 10.0. The van der Waals surface area contributed by atoms with Gasteiger partial charge in [-0.15, -0.1) is 0 Å². The van der Waals surface area contributed by atoms with Gasteiger partial charge in [-0.3, -0.25) is 0 Å². The second-order valence-corrected chi connectivity index (χ2v) is 3.85. The molecule has 0 bridgehead atoms. The first-order chi connectivity index (χ1) is 7.83. The first-order valence-electron chi connectivity index (χ1n) is 5.68. The Kier molecular flexibility index (Phi) is 3.59. The van der Waals surface area contributed by atoms with E-state index in [1.807, 2.05) is 24.3 Å². The van der Waals surface area contributed by atoms with Crippen molar-refractivity contribution in [3.63, 3.8) is 0 Å². The molecule has 1 aromatic carbocycles. The summed E-state index contributed by atoms with van der Waals surface area (Å²) in [6.07, 6.45) is 1.84. The molecule has 1 unspecified atom stereocenters. The molecule has 0 radical (unpaired) electrons. The molecule has 1 atom stereocenters. The van der Waals surface area contributed by atoms with Gasteiger partial charge in [-0.2, -0.15) is 0 Å². The Morgan fingerprint density at radius 2 is 2.19 bits per heavy atom. The second-order valence-electron chi connectivity index (χ2n) is 3.85. The highest BCUT2D eigenvalue weighted by molar-refractivity contribution is 5.84. The van der Waals surface area contributed by atoms with Gasteiger partial charge in [0.05, 0.1) is 6.26 Å². The van der Waals surface area contributed by atoms with Crippen molar-refractivity contribution in [3.8, 4) is 0 Å². The van der Waals surface area contributed by atoms with Crippen molar-refractivity contribution in [2.75, 3.05) is 13.1 Å². The van der Waals surface area contributed by atoms with Crippen molar-refractivity contribution in [1.29, 1.82) is 0 Å². The third-order valence-electron chi connectivity index (χ3n) is 2.69. The van der Waals surface area contributed by atoms with Crippen LogP contribution in [0.4, 0.5) is 0 Å². The van der Waals surface area contributed by atoms with Gasteiger partial charge in [-0.1, -0.05) is 31.2 Å². The molecule has 0 aliphatic rings. The molecule has 2 N–H and O–H groups in total. The summed E-state index contributed by atoms with van der Waals surface area (Å²) < 4.78 is 5.43. The molecular weight excluding hydrogens is 202 g/mol. The number of fused-ring (bicyclic) bond motifs is 1. The van der Waals surface area contributed by atoms with Gasteiger partial charge in [-0.05, 0) is 19.5 Å². The number of aliphatic hydroxyl groups excluding tert-OH is 1. The lowest BCUT2D eigenvalue weighted by atomic mass is 10.1. The van der Waals surface area contributed by atoms with Crippen LogP contribution in [0.25, 0.3) is 10.8 Å². The van der Waals surface area contributed by atoms with Crippen molar-refractivity contribution >= 4 is 10.8 Å². The van der Waals surface area contributed by atoms with Gasteiger partial charge in [0.25, 0.3) is 0 Å². The zero-order valence-corrected chi connectivity index (χ0v) is 9.44. The van der Waals surface area contributed by atoms with E-state index in [0.29, 0.717) is 12.2 Å². The first kappa shape index (κ1) is 11.2. The van der Waals surface area contributed by atoms with Crippen LogP contribution in [0.2, 0.25) is 0 Å². The highest BCUT2D eigenvalue weighted by Gasteiger charge is 2.14. The maximum Gasteiger partial charge on any atom is 0.140 e. The minimum Gasteiger partial charge on any atom is -0.465 e. The van der Waals surface area contributed by atoms with Gasteiger partial charge < -0.3 is 14.8 Å². The number of nitrogens with one attached hydrogen (secondary N) is 1. The van der Waals surface area contributed by atoms with Crippen molar-refractivity contribution in [2.45, 2.75) is 19.4 Å². The molecule has 16 heavy (non-hydrogen) atoms. The molecule has 0 spiro atoms. The molecular formula is C13H17NO2. The van der Waals surface area contributed by atoms with Gasteiger partial charge in [0.15, 0.2) is 0 Å². The summed E-state index contributed by atoms with van der Waals surface area (Å²) >= 11 is 0.